The minimum Gasteiger partial charge on any atom is -0.451 e. The van der Waals surface area contributed by atoms with Gasteiger partial charge in [-0.2, -0.15) is 0 Å². The van der Waals surface area contributed by atoms with Crippen LogP contribution < -0.4 is 18.9 Å². The topological polar surface area (TPSA) is 15.6 Å². The van der Waals surface area contributed by atoms with E-state index >= 15 is 0 Å². The molecule has 0 aliphatic rings. The van der Waals surface area contributed by atoms with Crippen LogP contribution >= 0.6 is 0 Å². The first-order valence-electron chi connectivity index (χ1n) is 3.48. The zero-order valence-electron chi connectivity index (χ0n) is 7.78. The number of aliphatic imine (C=N–C) groups is 1. The molecule has 0 fully saturated rings. The number of rotatable bonds is 2. The Morgan fingerprint density at radius 1 is 1.17 bits per heavy atom. The van der Waals surface area contributed by atoms with Crippen molar-refractivity contribution < 1.29 is 18.9 Å². The van der Waals surface area contributed by atoms with Gasteiger partial charge >= 0.3 is 18.9 Å². The molecular formula is C9H11LiN2. The van der Waals surface area contributed by atoms with E-state index < -0.39 is 0 Å². The SMILES string of the molecule is CN(C)[C-]=Nc1ccccc1.[Li+]. The summed E-state index contributed by atoms with van der Waals surface area (Å²) in [7, 11) is 3.79. The molecule has 0 aliphatic carbocycles. The molecule has 3 heteroatoms. The first kappa shape index (κ1) is 11.3. The first-order chi connectivity index (χ1) is 5.29. The Morgan fingerprint density at radius 2 is 1.75 bits per heavy atom. The minimum absolute atomic E-state index is 0. The predicted octanol–water partition coefficient (Wildman–Crippen LogP) is -1.21. The summed E-state index contributed by atoms with van der Waals surface area (Å²) in [5, 5.41) is 0. The van der Waals surface area contributed by atoms with Gasteiger partial charge in [0.15, 0.2) is 0 Å². The van der Waals surface area contributed by atoms with Gasteiger partial charge in [-0.3, -0.25) is 0 Å². The van der Waals surface area contributed by atoms with Crippen LogP contribution in [0.25, 0.3) is 0 Å². The summed E-state index contributed by atoms with van der Waals surface area (Å²) in [6, 6.07) is 9.76. The van der Waals surface area contributed by atoms with Crippen molar-refractivity contribution in [1.82, 2.24) is 4.90 Å². The molecule has 1 rings (SSSR count). The molecule has 0 N–H and O–H groups in total. The summed E-state index contributed by atoms with van der Waals surface area (Å²) >= 11 is 0. The van der Waals surface area contributed by atoms with E-state index in [1.54, 1.807) is 4.90 Å². The Kier molecular flexibility index (Phi) is 5.53. The van der Waals surface area contributed by atoms with Gasteiger partial charge in [-0.15, -0.1) is 12.1 Å². The van der Waals surface area contributed by atoms with Crippen molar-refractivity contribution in [2.75, 3.05) is 14.1 Å². The zero-order valence-corrected chi connectivity index (χ0v) is 7.78. The van der Waals surface area contributed by atoms with Gasteiger partial charge in [0, 0.05) is 0 Å². The molecule has 0 amide bonds. The van der Waals surface area contributed by atoms with E-state index in [0.29, 0.717) is 0 Å². The van der Waals surface area contributed by atoms with Crippen LogP contribution in [0.15, 0.2) is 35.3 Å². The second-order valence-corrected chi connectivity index (χ2v) is 2.44. The maximum atomic E-state index is 4.08. The Morgan fingerprint density at radius 3 is 2.25 bits per heavy atom. The molecule has 0 bridgehead atoms. The minimum atomic E-state index is 0. The molecule has 0 aromatic heterocycles. The van der Waals surface area contributed by atoms with Crippen LogP contribution in [0.3, 0.4) is 0 Å². The molecule has 0 radical (unpaired) electrons. The fourth-order valence-electron chi connectivity index (χ4n) is 0.660. The van der Waals surface area contributed by atoms with Crippen LogP contribution in [0.4, 0.5) is 5.69 Å². The molecule has 0 aliphatic heterocycles. The van der Waals surface area contributed by atoms with E-state index in [-0.39, 0.29) is 18.9 Å². The molecule has 12 heavy (non-hydrogen) atoms. The molecule has 0 saturated carbocycles. The van der Waals surface area contributed by atoms with Crippen molar-refractivity contribution in [3.8, 4) is 0 Å². The second-order valence-electron chi connectivity index (χ2n) is 2.44. The molecule has 1 aromatic rings. The smallest absolute Gasteiger partial charge is 0.451 e. The normalized spacial score (nSPS) is 9.50. The van der Waals surface area contributed by atoms with Gasteiger partial charge in [0.1, 0.15) is 0 Å². The Bertz CT molecular complexity index is 232. The van der Waals surface area contributed by atoms with Gasteiger partial charge in [0.25, 0.3) is 0 Å². The molecule has 0 spiro atoms. The first-order valence-corrected chi connectivity index (χ1v) is 3.48. The number of hydrogen-bond acceptors (Lipinski definition) is 1. The Hall–Kier alpha value is -0.713. The quantitative estimate of drug-likeness (QED) is 0.171. The summed E-state index contributed by atoms with van der Waals surface area (Å²) in [5.41, 5.74) is 0.932. The van der Waals surface area contributed by atoms with Gasteiger partial charge in [0.05, 0.1) is 0 Å². The summed E-state index contributed by atoms with van der Waals surface area (Å²) in [4.78, 5) is 5.87. The summed E-state index contributed by atoms with van der Waals surface area (Å²) in [6.07, 6.45) is 2.82. The fourth-order valence-corrected chi connectivity index (χ4v) is 0.660. The standard InChI is InChI=1S/C9H11N2.Li/c1-11(2)8-10-9-6-4-3-5-7-9;/h3-7H,1-2H3;/q-1;+1. The number of para-hydroxylation sites is 1. The molecule has 0 unspecified atom stereocenters. The van der Waals surface area contributed by atoms with Crippen LogP contribution in [0.2, 0.25) is 0 Å². The van der Waals surface area contributed by atoms with Gasteiger partial charge in [-0.1, -0.05) is 30.2 Å². The van der Waals surface area contributed by atoms with E-state index in [1.807, 2.05) is 44.4 Å². The van der Waals surface area contributed by atoms with Crippen LogP contribution in [0.1, 0.15) is 0 Å². The molecular weight excluding hydrogens is 143 g/mol. The molecule has 2 nitrogen and oxygen atoms in total. The van der Waals surface area contributed by atoms with Crippen molar-refractivity contribution in [2.45, 2.75) is 0 Å². The van der Waals surface area contributed by atoms with Crippen molar-refractivity contribution in [3.05, 3.63) is 30.3 Å². The van der Waals surface area contributed by atoms with Crippen LogP contribution in [0.5, 0.6) is 0 Å². The summed E-state index contributed by atoms with van der Waals surface area (Å²) < 4.78 is 0. The van der Waals surface area contributed by atoms with E-state index in [1.165, 1.54) is 0 Å². The van der Waals surface area contributed by atoms with Crippen molar-refractivity contribution in [2.24, 2.45) is 4.99 Å². The summed E-state index contributed by atoms with van der Waals surface area (Å²) in [5.74, 6) is 0. The van der Waals surface area contributed by atoms with Gasteiger partial charge in [0.2, 0.25) is 0 Å². The van der Waals surface area contributed by atoms with E-state index in [4.69, 9.17) is 0 Å². The molecule has 58 valence electrons. The largest absolute Gasteiger partial charge is 1.00 e. The average Bonchev–Trinajstić information content (AvgIpc) is 2.03. The second kappa shape index (κ2) is 5.88. The van der Waals surface area contributed by atoms with Crippen LogP contribution in [-0.2, 0) is 0 Å². The third kappa shape index (κ3) is 4.22. The third-order valence-electron chi connectivity index (χ3n) is 1.14. The van der Waals surface area contributed by atoms with Gasteiger partial charge in [-0.25, -0.2) is 0 Å². The Labute approximate surface area is 85.5 Å². The Balaban J connectivity index is 0.00000121. The third-order valence-corrected chi connectivity index (χ3v) is 1.14. The van der Waals surface area contributed by atoms with Crippen LogP contribution in [-0.4, -0.2) is 25.3 Å². The molecule has 0 heterocycles. The fraction of sp³-hybridized carbons (Fsp3) is 0.222. The van der Waals surface area contributed by atoms with Crippen molar-refractivity contribution in [1.29, 1.82) is 0 Å². The van der Waals surface area contributed by atoms with Crippen molar-refractivity contribution in [3.63, 3.8) is 0 Å². The van der Waals surface area contributed by atoms with E-state index in [2.05, 4.69) is 11.3 Å². The van der Waals surface area contributed by atoms with E-state index in [0.717, 1.165) is 5.69 Å². The zero-order chi connectivity index (χ0) is 8.10. The van der Waals surface area contributed by atoms with Gasteiger partial charge < -0.3 is 9.89 Å². The molecule has 1 aromatic carbocycles. The average molecular weight is 154 g/mol. The molecule has 0 atom stereocenters. The maximum Gasteiger partial charge on any atom is 1.00 e. The molecule has 0 saturated heterocycles. The maximum absolute atomic E-state index is 4.08. The van der Waals surface area contributed by atoms with E-state index in [9.17, 15) is 0 Å². The monoisotopic (exact) mass is 154 g/mol. The number of nitrogens with zero attached hydrogens (tertiary/aromatic N) is 2. The van der Waals surface area contributed by atoms with Crippen LogP contribution in [0, 0.1) is 0 Å². The predicted molar refractivity (Wildman–Crippen MR) is 47.2 cm³/mol. The number of hydrogen-bond donors (Lipinski definition) is 0. The van der Waals surface area contributed by atoms with Gasteiger partial charge in [-0.05, 0) is 14.1 Å². The summed E-state index contributed by atoms with van der Waals surface area (Å²) in [6.45, 7) is 0. The number of benzene rings is 1. The van der Waals surface area contributed by atoms with Crippen molar-refractivity contribution >= 4 is 12.0 Å².